The van der Waals surface area contributed by atoms with Crippen LogP contribution in [0.2, 0.25) is 0 Å². The Hall–Kier alpha value is 4.30. The zero-order chi connectivity index (χ0) is 27.0. The number of hydrogen-bond donors (Lipinski definition) is 18. The molecule has 0 rings (SSSR count). The van der Waals surface area contributed by atoms with Gasteiger partial charge in [0.05, 0.1) is 0 Å². The van der Waals surface area contributed by atoms with E-state index in [0.717, 1.165) is 0 Å². The van der Waals surface area contributed by atoms with Crippen molar-refractivity contribution in [3.63, 3.8) is 0 Å². The van der Waals surface area contributed by atoms with Crippen LogP contribution in [0.25, 0.3) is 0 Å². The summed E-state index contributed by atoms with van der Waals surface area (Å²) in [6, 6.07) is 0. The van der Waals surface area contributed by atoms with Crippen molar-refractivity contribution >= 4 is 46.9 Å². The molecule has 0 aromatic carbocycles. The Labute approximate surface area is 279 Å². The van der Waals surface area contributed by atoms with E-state index < -0.39 is 46.9 Å². The predicted molar refractivity (Wildman–Crippen MR) is 85.6 cm³/mol. The molecule has 0 saturated carbocycles. The second-order valence-electron chi connectivity index (χ2n) is 3.08. The fourth-order valence-electron chi connectivity index (χ4n) is 0. The van der Waals surface area contributed by atoms with Crippen molar-refractivity contribution in [2.75, 3.05) is 0 Å². The molecule has 0 fully saturated rings. The molecule has 0 bridgehead atoms. The zero-order valence-corrected chi connectivity index (χ0v) is 29.5. The molecule has 18 N–H and O–H groups in total. The number of rotatable bonds is 0. The van der Waals surface area contributed by atoms with E-state index in [2.05, 4.69) is 0 Å². The second kappa shape index (κ2) is 38.3. The average Bonchev–Trinajstić information content (AvgIpc) is 1.94. The van der Waals surface area contributed by atoms with Gasteiger partial charge in [-0.2, -0.15) is 0 Å². The summed E-state index contributed by atoms with van der Waals surface area (Å²) in [5.41, 5.74) is 0. The summed E-state index contributed by atoms with van der Waals surface area (Å²) in [6.07, 6.45) is 0. The second-order valence-corrected chi connectivity index (χ2v) is 9.24. The summed E-state index contributed by atoms with van der Waals surface area (Å²) in [5, 5.41) is 0. The van der Waals surface area contributed by atoms with Gasteiger partial charge in [0.15, 0.2) is 0 Å². The average molecular weight is 973 g/mol. The largest absolute Gasteiger partial charge is 0.466 e. The van der Waals surface area contributed by atoms with Crippen LogP contribution >= 0.6 is 46.9 Å². The van der Waals surface area contributed by atoms with Gasteiger partial charge in [-0.05, 0) is 0 Å². The Morgan fingerprint density at radius 2 is 0.189 bits per heavy atom. The van der Waals surface area contributed by atoms with E-state index in [1.807, 2.05) is 0 Å². The van der Waals surface area contributed by atoms with Gasteiger partial charge in [-0.25, -0.2) is 27.4 Å². The quantitative estimate of drug-likeness (QED) is 0.0795. The number of hydrogen-bond acceptors (Lipinski definition) is 6. The van der Waals surface area contributed by atoms with Crippen molar-refractivity contribution in [1.82, 2.24) is 0 Å². The minimum atomic E-state index is -4.64. The third kappa shape index (κ3) is 3200. The van der Waals surface area contributed by atoms with Gasteiger partial charge in [-0.15, -0.1) is 0 Å². The van der Waals surface area contributed by atoms with Crippen LogP contribution in [0.3, 0.4) is 0 Å². The van der Waals surface area contributed by atoms with E-state index in [4.69, 9.17) is 115 Å². The van der Waals surface area contributed by atoms with Crippen molar-refractivity contribution in [2.45, 2.75) is 0 Å². The van der Waals surface area contributed by atoms with E-state index in [1.165, 1.54) is 0 Å². The van der Waals surface area contributed by atoms with Crippen molar-refractivity contribution in [3.8, 4) is 0 Å². The first kappa shape index (κ1) is 83.7. The first-order chi connectivity index (χ1) is 12.0. The smallest absolute Gasteiger partial charge is 0.303 e. The molecule has 0 aromatic rings. The maximum atomic E-state index is 8.88. The monoisotopic (exact) mass is 972 g/mol. The minimum Gasteiger partial charge on any atom is -0.303 e. The van der Waals surface area contributed by atoms with Gasteiger partial charge in [0.2, 0.25) is 0 Å². The van der Waals surface area contributed by atoms with E-state index in [-0.39, 0.29) is 119 Å². The predicted octanol–water partition coefficient (Wildman–Crippen LogP) is -5.59. The van der Waals surface area contributed by atoms with Crippen LogP contribution in [0, 0.1) is 0 Å². The first-order valence-corrected chi connectivity index (χ1v) is 14.1. The third-order valence-corrected chi connectivity index (χ3v) is 0. The molecule has 0 aliphatic carbocycles. The molecular formula is H18Mn7O24P6. The van der Waals surface area contributed by atoms with Crippen LogP contribution in [0.4, 0.5) is 0 Å². The van der Waals surface area contributed by atoms with Crippen molar-refractivity contribution in [1.29, 1.82) is 0 Å². The molecule has 0 unspecified atom stereocenters. The molecule has 0 atom stereocenters. The normalized spacial score (nSPS) is 9.57. The topological polar surface area (TPSA) is 467 Å². The molecule has 0 heterocycles. The fourth-order valence-corrected chi connectivity index (χ4v) is 0. The Bertz CT molecular complexity index is 480. The molecule has 241 valence electrons. The first-order valence-electron chi connectivity index (χ1n) is 4.70. The zero-order valence-electron chi connectivity index (χ0n) is 15.8. The molecule has 37 heavy (non-hydrogen) atoms. The van der Waals surface area contributed by atoms with E-state index in [0.29, 0.717) is 0 Å². The summed E-state index contributed by atoms with van der Waals surface area (Å²) in [5.74, 6) is 0. The van der Waals surface area contributed by atoms with Gasteiger partial charge in [0.25, 0.3) is 0 Å². The van der Waals surface area contributed by atoms with Gasteiger partial charge < -0.3 is 88.1 Å². The molecule has 24 nitrogen and oxygen atoms in total. The van der Waals surface area contributed by atoms with E-state index in [9.17, 15) is 0 Å². The maximum absolute atomic E-state index is 8.88. The van der Waals surface area contributed by atoms with Crippen molar-refractivity contribution in [2.24, 2.45) is 0 Å². The van der Waals surface area contributed by atoms with Gasteiger partial charge in [-0.3, -0.25) is 0 Å². The summed E-state index contributed by atoms with van der Waals surface area (Å²) in [4.78, 5) is 129. The Morgan fingerprint density at radius 1 is 0.189 bits per heavy atom. The van der Waals surface area contributed by atoms with Crippen LogP contribution in [0.1, 0.15) is 0 Å². The summed E-state index contributed by atoms with van der Waals surface area (Å²) in [6.45, 7) is 0. The van der Waals surface area contributed by atoms with E-state index in [1.54, 1.807) is 0 Å². The van der Waals surface area contributed by atoms with Crippen LogP contribution < -0.4 is 0 Å². The van der Waals surface area contributed by atoms with Gasteiger partial charge in [0, 0.05) is 119 Å². The summed E-state index contributed by atoms with van der Waals surface area (Å²) < 4.78 is 53.3. The van der Waals surface area contributed by atoms with Crippen LogP contribution in [0.5, 0.6) is 0 Å². The molecule has 0 saturated heterocycles. The Kier molecular flexibility index (Phi) is 86.7. The van der Waals surface area contributed by atoms with Crippen LogP contribution in [-0.2, 0) is 147 Å². The summed E-state index contributed by atoms with van der Waals surface area (Å²) in [7, 11) is -27.8. The summed E-state index contributed by atoms with van der Waals surface area (Å²) >= 11 is 0. The van der Waals surface area contributed by atoms with Crippen molar-refractivity contribution in [3.05, 3.63) is 0 Å². The molecule has 7 radical (unpaired) electrons. The molecule has 0 amide bonds. The molecule has 0 aliphatic rings. The van der Waals surface area contributed by atoms with Gasteiger partial charge >= 0.3 is 46.9 Å². The fraction of sp³-hybridized carbons (Fsp3) is 0. The van der Waals surface area contributed by atoms with Crippen LogP contribution in [0.15, 0.2) is 0 Å². The van der Waals surface area contributed by atoms with Gasteiger partial charge in [-0.1, -0.05) is 0 Å². The number of phosphoric acid groups is 6. The SMILES string of the molecule is O=P(O)(O)O.O=P(O)(O)O.O=P(O)(O)O.O=P(O)(O)O.O=P(O)(O)O.O=P(O)(O)O.[Mn].[Mn].[Mn].[Mn].[Mn].[Mn].[Mn]. The molecule has 0 aliphatic heterocycles. The minimum absolute atomic E-state index is 0. The van der Waals surface area contributed by atoms with Crippen molar-refractivity contribution < 1.29 is 235 Å². The molecule has 0 spiro atoms. The van der Waals surface area contributed by atoms with Gasteiger partial charge in [0.1, 0.15) is 0 Å². The Morgan fingerprint density at radius 3 is 0.189 bits per heavy atom. The van der Waals surface area contributed by atoms with Crippen LogP contribution in [-0.4, -0.2) is 88.1 Å². The Balaban J connectivity index is -0.0000000164. The van der Waals surface area contributed by atoms with E-state index >= 15 is 0 Å². The standard InChI is InChI=1S/7Mn.6H3O4P/c;;;;;;;6*1-5(2,3)4/h;;;;;;;6*(H3,1,2,3,4). The third-order valence-electron chi connectivity index (χ3n) is 0. The maximum Gasteiger partial charge on any atom is 0.466 e. The molecule has 37 heteroatoms. The molecule has 0 aromatic heterocycles. The molecular weight excluding hydrogens is 954 g/mol.